The molecule has 10 atom stereocenters. The van der Waals surface area contributed by atoms with Gasteiger partial charge in [0.05, 0.1) is 36.5 Å². The van der Waals surface area contributed by atoms with Crippen molar-refractivity contribution in [3.8, 4) is 0 Å². The Labute approximate surface area is 308 Å². The lowest BCUT2D eigenvalue weighted by Gasteiger charge is -2.51. The third-order valence-corrected chi connectivity index (χ3v) is 12.9. The van der Waals surface area contributed by atoms with Crippen molar-refractivity contribution < 1.29 is 9.47 Å². The molecule has 3 aromatic carbocycles. The molecule has 0 amide bonds. The number of hydrogen-bond acceptors (Lipinski definition) is 6. The van der Waals surface area contributed by atoms with Gasteiger partial charge in [-0.3, -0.25) is 19.8 Å². The SMILES string of the molecule is C=C[C@H]1CN2CC[C@H]1C[C@H]2[C@H](OCc1ccc(CO[C@H](c2ccnc3ccccc23)[C@@H]2C[C@@H]3CCN2C[C@@H]3C=C)cc1)c1ccnc2ccccc12. The molecule has 2 unspecified atom stereocenters. The molecule has 6 fully saturated rings. The first-order chi connectivity index (χ1) is 25.7. The highest BCUT2D eigenvalue weighted by Crippen LogP contribution is 2.45. The van der Waals surface area contributed by atoms with Gasteiger partial charge in [-0.1, -0.05) is 72.8 Å². The predicted molar refractivity (Wildman–Crippen MR) is 209 cm³/mol. The molecule has 266 valence electrons. The number of hydrogen-bond donors (Lipinski definition) is 0. The van der Waals surface area contributed by atoms with E-state index in [2.05, 4.69) is 130 Å². The Morgan fingerprint density at radius 2 is 1.06 bits per heavy atom. The third-order valence-electron chi connectivity index (χ3n) is 12.9. The molecule has 6 nitrogen and oxygen atoms in total. The highest BCUT2D eigenvalue weighted by Gasteiger charge is 2.44. The third kappa shape index (κ3) is 6.40. The van der Waals surface area contributed by atoms with Crippen molar-refractivity contribution >= 4 is 21.8 Å². The van der Waals surface area contributed by atoms with Gasteiger partial charge in [0.25, 0.3) is 0 Å². The van der Waals surface area contributed by atoms with Crippen LogP contribution < -0.4 is 0 Å². The van der Waals surface area contributed by atoms with Gasteiger partial charge in [0, 0.05) is 48.3 Å². The van der Waals surface area contributed by atoms with Crippen molar-refractivity contribution in [3.63, 3.8) is 0 Å². The summed E-state index contributed by atoms with van der Waals surface area (Å²) in [7, 11) is 0. The summed E-state index contributed by atoms with van der Waals surface area (Å²) in [6.07, 6.45) is 12.9. The minimum absolute atomic E-state index is 0.0399. The standard InChI is InChI=1S/C46H50N4O2/c1-3-33-27-49-23-19-35(33)25-43(49)45(39-17-21-47-41-11-7-5-9-37(39)41)51-29-31-13-15-32(16-14-31)30-52-46(40-18-22-48-42-12-8-6-10-38(40)42)44-26-36-20-24-50(44)28-34(36)4-2/h3-18,21-22,33-36,43-46H,1-2,19-20,23-30H2/t33-,34-,35-,36-,43-,44-,45+,46+/m0/s1. The molecule has 52 heavy (non-hydrogen) atoms. The van der Waals surface area contributed by atoms with E-state index in [1.807, 2.05) is 12.4 Å². The Morgan fingerprint density at radius 3 is 1.46 bits per heavy atom. The lowest BCUT2D eigenvalue weighted by Crippen LogP contribution is -2.55. The van der Waals surface area contributed by atoms with E-state index in [4.69, 9.17) is 9.47 Å². The number of benzene rings is 3. The minimum atomic E-state index is -0.0399. The zero-order valence-electron chi connectivity index (χ0n) is 30.1. The van der Waals surface area contributed by atoms with E-state index in [1.165, 1.54) is 45.9 Å². The largest absolute Gasteiger partial charge is 0.367 e. The van der Waals surface area contributed by atoms with Crippen LogP contribution in [0.15, 0.2) is 123 Å². The van der Waals surface area contributed by atoms with Gasteiger partial charge in [0.2, 0.25) is 0 Å². The molecule has 4 bridgehead atoms. The highest BCUT2D eigenvalue weighted by atomic mass is 16.5. The average Bonchev–Trinajstić information content (AvgIpc) is 3.22. The molecular weight excluding hydrogens is 641 g/mol. The maximum absolute atomic E-state index is 7.00. The molecule has 0 N–H and O–H groups in total. The van der Waals surface area contributed by atoms with Crippen molar-refractivity contribution in [2.45, 2.75) is 63.2 Å². The average molecular weight is 691 g/mol. The molecule has 8 heterocycles. The molecule has 6 aliphatic rings. The van der Waals surface area contributed by atoms with E-state index in [1.54, 1.807) is 0 Å². The number of ether oxygens (including phenoxy) is 2. The monoisotopic (exact) mass is 690 g/mol. The van der Waals surface area contributed by atoms with Crippen molar-refractivity contribution in [2.24, 2.45) is 23.7 Å². The molecule has 6 aliphatic heterocycles. The van der Waals surface area contributed by atoms with Gasteiger partial charge in [-0.25, -0.2) is 0 Å². The number of para-hydroxylation sites is 2. The Hall–Kier alpha value is -4.20. The fourth-order valence-corrected chi connectivity index (χ4v) is 10.0. The number of rotatable bonds is 12. The summed E-state index contributed by atoms with van der Waals surface area (Å²) >= 11 is 0. The lowest BCUT2D eigenvalue weighted by atomic mass is 9.73. The molecule has 11 rings (SSSR count). The molecule has 6 heteroatoms. The fraction of sp³-hybridized carbons (Fsp3) is 0.391. The zero-order chi connectivity index (χ0) is 35.0. The van der Waals surface area contributed by atoms with Crippen LogP contribution in [0.1, 0.15) is 60.1 Å². The van der Waals surface area contributed by atoms with E-state index in [0.717, 1.165) is 50.1 Å². The second-order valence-corrected chi connectivity index (χ2v) is 15.6. The normalized spacial score (nSPS) is 29.2. The maximum Gasteiger partial charge on any atom is 0.0991 e. The van der Waals surface area contributed by atoms with E-state index in [-0.39, 0.29) is 12.2 Å². The lowest BCUT2D eigenvalue weighted by molar-refractivity contribution is -0.0808. The molecule has 5 aromatic rings. The molecule has 0 spiro atoms. The van der Waals surface area contributed by atoms with Crippen molar-refractivity contribution in [1.29, 1.82) is 0 Å². The van der Waals surface area contributed by atoms with E-state index in [0.29, 0.717) is 49.0 Å². The maximum atomic E-state index is 7.00. The van der Waals surface area contributed by atoms with Crippen LogP contribution in [0.3, 0.4) is 0 Å². The van der Waals surface area contributed by atoms with E-state index in [9.17, 15) is 0 Å². The van der Waals surface area contributed by atoms with Gasteiger partial charge < -0.3 is 9.47 Å². The van der Waals surface area contributed by atoms with Gasteiger partial charge in [0.15, 0.2) is 0 Å². The Bertz CT molecular complexity index is 1890. The fourth-order valence-electron chi connectivity index (χ4n) is 10.0. The van der Waals surface area contributed by atoms with Gasteiger partial charge in [-0.2, -0.15) is 0 Å². The number of fused-ring (bicyclic) bond motifs is 8. The van der Waals surface area contributed by atoms with Crippen LogP contribution in [0.4, 0.5) is 0 Å². The van der Waals surface area contributed by atoms with Crippen LogP contribution >= 0.6 is 0 Å². The summed E-state index contributed by atoms with van der Waals surface area (Å²) in [5, 5.41) is 2.37. The van der Waals surface area contributed by atoms with Crippen molar-refractivity contribution in [2.75, 3.05) is 26.2 Å². The summed E-state index contributed by atoms with van der Waals surface area (Å²) in [5.41, 5.74) is 6.88. The first kappa shape index (κ1) is 33.6. The van der Waals surface area contributed by atoms with Crippen LogP contribution in [0.5, 0.6) is 0 Å². The topological polar surface area (TPSA) is 50.7 Å². The van der Waals surface area contributed by atoms with Gasteiger partial charge in [0.1, 0.15) is 0 Å². The smallest absolute Gasteiger partial charge is 0.0991 e. The van der Waals surface area contributed by atoms with Crippen LogP contribution in [0.25, 0.3) is 21.8 Å². The second-order valence-electron chi connectivity index (χ2n) is 15.6. The highest BCUT2D eigenvalue weighted by molar-refractivity contribution is 5.83. The minimum Gasteiger partial charge on any atom is -0.367 e. The molecule has 6 saturated heterocycles. The van der Waals surface area contributed by atoms with E-state index < -0.39 is 0 Å². The van der Waals surface area contributed by atoms with Gasteiger partial charge in [-0.05, 0) is 109 Å². The number of pyridine rings is 2. The Balaban J connectivity index is 0.937. The number of aromatic nitrogens is 2. The Kier molecular flexibility index (Phi) is 9.49. The summed E-state index contributed by atoms with van der Waals surface area (Å²) in [5.74, 6) is 2.48. The predicted octanol–water partition coefficient (Wildman–Crippen LogP) is 9.09. The van der Waals surface area contributed by atoms with Crippen molar-refractivity contribution in [1.82, 2.24) is 19.8 Å². The van der Waals surface area contributed by atoms with Crippen LogP contribution in [-0.2, 0) is 22.7 Å². The summed E-state index contributed by atoms with van der Waals surface area (Å²) in [6.45, 7) is 13.8. The molecule has 0 aliphatic carbocycles. The van der Waals surface area contributed by atoms with Gasteiger partial charge in [-0.15, -0.1) is 13.2 Å². The number of piperidine rings is 6. The Morgan fingerprint density at radius 1 is 0.615 bits per heavy atom. The quantitative estimate of drug-likeness (QED) is 0.122. The van der Waals surface area contributed by atoms with Crippen molar-refractivity contribution in [3.05, 3.63) is 145 Å². The second kappa shape index (κ2) is 14.7. The van der Waals surface area contributed by atoms with Gasteiger partial charge >= 0.3 is 0 Å². The first-order valence-electron chi connectivity index (χ1n) is 19.4. The molecular formula is C46H50N4O2. The van der Waals surface area contributed by atoms with E-state index >= 15 is 0 Å². The van der Waals surface area contributed by atoms with Crippen LogP contribution in [0, 0.1) is 23.7 Å². The summed E-state index contributed by atoms with van der Waals surface area (Å²) in [4.78, 5) is 14.7. The molecule has 0 saturated carbocycles. The summed E-state index contributed by atoms with van der Waals surface area (Å²) in [6, 6.07) is 30.9. The first-order valence-corrected chi connectivity index (χ1v) is 19.4. The van der Waals surface area contributed by atoms with Crippen LogP contribution in [-0.4, -0.2) is 58.0 Å². The summed E-state index contributed by atoms with van der Waals surface area (Å²) < 4.78 is 14.0. The molecule has 0 radical (unpaired) electrons. The molecule has 2 aromatic heterocycles. The zero-order valence-corrected chi connectivity index (χ0v) is 30.1. The number of nitrogens with zero attached hydrogens (tertiary/aromatic N) is 4. The van der Waals surface area contributed by atoms with Crippen LogP contribution in [0.2, 0.25) is 0 Å².